The third-order valence-electron chi connectivity index (χ3n) is 2.80. The molecule has 18 heavy (non-hydrogen) atoms. The van der Waals surface area contributed by atoms with E-state index in [1.54, 1.807) is 19.1 Å². The van der Waals surface area contributed by atoms with E-state index in [0.717, 1.165) is 18.4 Å². The standard InChI is InChI=1S/C14H18N2O2/c1-4-6-13(5-2)15-10-12-8-7-11(3)14(9-12)16(17)18/h2,7-9,13,15H,4,6,10H2,1,3H3. The highest BCUT2D eigenvalue weighted by atomic mass is 16.6. The van der Waals surface area contributed by atoms with Gasteiger partial charge in [-0.2, -0.15) is 0 Å². The summed E-state index contributed by atoms with van der Waals surface area (Å²) in [5.74, 6) is 2.68. The largest absolute Gasteiger partial charge is 0.300 e. The highest BCUT2D eigenvalue weighted by Crippen LogP contribution is 2.19. The molecule has 1 unspecified atom stereocenters. The molecule has 0 aliphatic heterocycles. The molecule has 1 atom stereocenters. The van der Waals surface area contributed by atoms with E-state index in [0.29, 0.717) is 12.1 Å². The number of aryl methyl sites for hydroxylation is 1. The number of nitrogens with one attached hydrogen (secondary N) is 1. The number of nitrogens with zero attached hydrogens (tertiary/aromatic N) is 1. The normalized spacial score (nSPS) is 11.8. The predicted octanol–water partition coefficient (Wildman–Crippen LogP) is 2.79. The van der Waals surface area contributed by atoms with Crippen molar-refractivity contribution in [3.8, 4) is 12.3 Å². The minimum atomic E-state index is -0.358. The van der Waals surface area contributed by atoms with E-state index in [1.807, 2.05) is 6.07 Å². The molecule has 4 heteroatoms. The smallest absolute Gasteiger partial charge is 0.272 e. The Bertz CT molecular complexity index is 463. The van der Waals surface area contributed by atoms with E-state index in [1.165, 1.54) is 0 Å². The molecule has 0 spiro atoms. The molecule has 1 rings (SSSR count). The lowest BCUT2D eigenvalue weighted by molar-refractivity contribution is -0.385. The zero-order valence-corrected chi connectivity index (χ0v) is 10.8. The van der Waals surface area contributed by atoms with Crippen molar-refractivity contribution in [3.05, 3.63) is 39.4 Å². The fourth-order valence-corrected chi connectivity index (χ4v) is 1.74. The fourth-order valence-electron chi connectivity index (χ4n) is 1.74. The van der Waals surface area contributed by atoms with Gasteiger partial charge in [0.25, 0.3) is 5.69 Å². The quantitative estimate of drug-likeness (QED) is 0.477. The maximum atomic E-state index is 10.8. The summed E-state index contributed by atoms with van der Waals surface area (Å²) >= 11 is 0. The summed E-state index contributed by atoms with van der Waals surface area (Å²) in [5, 5.41) is 14.0. The molecular formula is C14H18N2O2. The van der Waals surface area contributed by atoms with Crippen LogP contribution in [0.4, 0.5) is 5.69 Å². The van der Waals surface area contributed by atoms with Gasteiger partial charge < -0.3 is 0 Å². The molecule has 0 fully saturated rings. The highest BCUT2D eigenvalue weighted by Gasteiger charge is 2.11. The zero-order valence-electron chi connectivity index (χ0n) is 10.8. The van der Waals surface area contributed by atoms with Crippen LogP contribution in [0.15, 0.2) is 18.2 Å². The van der Waals surface area contributed by atoms with E-state index in [2.05, 4.69) is 18.2 Å². The van der Waals surface area contributed by atoms with Gasteiger partial charge in [-0.1, -0.05) is 31.4 Å². The Balaban J connectivity index is 2.71. The van der Waals surface area contributed by atoms with E-state index >= 15 is 0 Å². The summed E-state index contributed by atoms with van der Waals surface area (Å²) in [7, 11) is 0. The van der Waals surface area contributed by atoms with Gasteiger partial charge >= 0.3 is 0 Å². The first-order valence-electron chi connectivity index (χ1n) is 6.02. The van der Waals surface area contributed by atoms with Crippen molar-refractivity contribution in [2.24, 2.45) is 0 Å². The lowest BCUT2D eigenvalue weighted by Gasteiger charge is -2.12. The van der Waals surface area contributed by atoms with Gasteiger partial charge in [0.05, 0.1) is 11.0 Å². The molecule has 1 aromatic carbocycles. The van der Waals surface area contributed by atoms with Crippen LogP contribution in [0.3, 0.4) is 0 Å². The summed E-state index contributed by atoms with van der Waals surface area (Å²) in [5.41, 5.74) is 1.71. The topological polar surface area (TPSA) is 55.2 Å². The molecule has 0 aliphatic rings. The molecule has 1 aromatic rings. The first kappa shape index (κ1) is 14.2. The van der Waals surface area contributed by atoms with Crippen molar-refractivity contribution in [3.63, 3.8) is 0 Å². The maximum absolute atomic E-state index is 10.8. The van der Waals surface area contributed by atoms with E-state index in [9.17, 15) is 10.1 Å². The van der Waals surface area contributed by atoms with Gasteiger partial charge in [-0.25, -0.2) is 0 Å². The minimum Gasteiger partial charge on any atom is -0.300 e. The second-order valence-electron chi connectivity index (χ2n) is 4.27. The van der Waals surface area contributed by atoms with Crippen LogP contribution in [0.2, 0.25) is 0 Å². The molecule has 1 N–H and O–H groups in total. The lowest BCUT2D eigenvalue weighted by atomic mass is 10.1. The predicted molar refractivity (Wildman–Crippen MR) is 72.2 cm³/mol. The molecule has 4 nitrogen and oxygen atoms in total. The molecule has 0 bridgehead atoms. The second kappa shape index (κ2) is 6.77. The highest BCUT2D eigenvalue weighted by molar-refractivity contribution is 5.42. The van der Waals surface area contributed by atoms with Crippen LogP contribution in [-0.4, -0.2) is 11.0 Å². The average Bonchev–Trinajstić information content (AvgIpc) is 2.35. The molecular weight excluding hydrogens is 228 g/mol. The third-order valence-corrected chi connectivity index (χ3v) is 2.80. The second-order valence-corrected chi connectivity index (χ2v) is 4.27. The third kappa shape index (κ3) is 3.86. The number of rotatable bonds is 6. The molecule has 0 aromatic heterocycles. The van der Waals surface area contributed by atoms with Crippen molar-refractivity contribution in [2.45, 2.75) is 39.3 Å². The van der Waals surface area contributed by atoms with Gasteiger partial charge in [-0.3, -0.25) is 15.4 Å². The van der Waals surface area contributed by atoms with Crippen LogP contribution in [0, 0.1) is 29.4 Å². The van der Waals surface area contributed by atoms with E-state index in [4.69, 9.17) is 6.42 Å². The van der Waals surface area contributed by atoms with Crippen LogP contribution >= 0.6 is 0 Å². The number of nitro benzene ring substituents is 1. The number of hydrogen-bond acceptors (Lipinski definition) is 3. The summed E-state index contributed by atoms with van der Waals surface area (Å²) in [6.07, 6.45) is 7.32. The van der Waals surface area contributed by atoms with Crippen molar-refractivity contribution < 1.29 is 4.92 Å². The molecule has 0 saturated heterocycles. The Kier molecular flexibility index (Phi) is 5.34. The van der Waals surface area contributed by atoms with E-state index in [-0.39, 0.29) is 16.7 Å². The number of benzene rings is 1. The van der Waals surface area contributed by atoms with Gasteiger partial charge in [0, 0.05) is 18.2 Å². The van der Waals surface area contributed by atoms with Gasteiger partial charge in [0.15, 0.2) is 0 Å². The molecule has 0 radical (unpaired) electrons. The Labute approximate surface area is 108 Å². The summed E-state index contributed by atoms with van der Waals surface area (Å²) in [4.78, 5) is 10.5. The lowest BCUT2D eigenvalue weighted by Crippen LogP contribution is -2.26. The molecule has 0 heterocycles. The summed E-state index contributed by atoms with van der Waals surface area (Å²) in [6.45, 7) is 4.36. The Hall–Kier alpha value is -1.86. The van der Waals surface area contributed by atoms with Gasteiger partial charge in [-0.05, 0) is 18.9 Å². The molecule has 0 amide bonds. The molecule has 96 valence electrons. The van der Waals surface area contributed by atoms with E-state index < -0.39 is 0 Å². The van der Waals surface area contributed by atoms with Crippen molar-refractivity contribution in [1.82, 2.24) is 5.32 Å². The minimum absolute atomic E-state index is 0.0235. The Morgan fingerprint density at radius 3 is 2.83 bits per heavy atom. The SMILES string of the molecule is C#CC(CCC)NCc1ccc(C)c([N+](=O)[O-])c1. The van der Waals surface area contributed by atoms with Crippen LogP contribution < -0.4 is 5.32 Å². The van der Waals surface area contributed by atoms with Crippen LogP contribution in [-0.2, 0) is 6.54 Å². The number of terminal acetylenes is 1. The van der Waals surface area contributed by atoms with Crippen LogP contribution in [0.25, 0.3) is 0 Å². The van der Waals surface area contributed by atoms with Gasteiger partial charge in [-0.15, -0.1) is 6.42 Å². The van der Waals surface area contributed by atoms with Crippen LogP contribution in [0.5, 0.6) is 0 Å². The van der Waals surface area contributed by atoms with Crippen molar-refractivity contribution >= 4 is 5.69 Å². The van der Waals surface area contributed by atoms with Crippen molar-refractivity contribution in [1.29, 1.82) is 0 Å². The summed E-state index contributed by atoms with van der Waals surface area (Å²) < 4.78 is 0. The number of nitro groups is 1. The Morgan fingerprint density at radius 2 is 2.28 bits per heavy atom. The Morgan fingerprint density at radius 1 is 1.56 bits per heavy atom. The average molecular weight is 246 g/mol. The maximum Gasteiger partial charge on any atom is 0.272 e. The number of hydrogen-bond donors (Lipinski definition) is 1. The molecule has 0 aliphatic carbocycles. The van der Waals surface area contributed by atoms with Crippen LogP contribution in [0.1, 0.15) is 30.9 Å². The monoisotopic (exact) mass is 246 g/mol. The first-order chi connectivity index (χ1) is 8.58. The fraction of sp³-hybridized carbons (Fsp3) is 0.429. The zero-order chi connectivity index (χ0) is 13.5. The van der Waals surface area contributed by atoms with Crippen molar-refractivity contribution in [2.75, 3.05) is 0 Å². The summed E-state index contributed by atoms with van der Waals surface area (Å²) in [6, 6.07) is 5.27. The molecule has 0 saturated carbocycles. The van der Waals surface area contributed by atoms with Gasteiger partial charge in [0.1, 0.15) is 0 Å². The first-order valence-corrected chi connectivity index (χ1v) is 6.02. The van der Waals surface area contributed by atoms with Gasteiger partial charge in [0.2, 0.25) is 0 Å².